The lowest BCUT2D eigenvalue weighted by molar-refractivity contribution is 0.0413. The van der Waals surface area contributed by atoms with Gasteiger partial charge in [-0.2, -0.15) is 4.98 Å². The minimum absolute atomic E-state index is 0.0803. The largest absolute Gasteiger partial charge is 0.481 e. The van der Waals surface area contributed by atoms with E-state index in [0.717, 1.165) is 25.9 Å². The van der Waals surface area contributed by atoms with Crippen LogP contribution in [0.1, 0.15) is 12.8 Å². The zero-order valence-corrected chi connectivity index (χ0v) is 14.3. The molecular weight excluding hydrogens is 310 g/mol. The molecule has 0 aliphatic carbocycles. The van der Waals surface area contributed by atoms with Crippen LogP contribution in [0, 0.1) is 0 Å². The van der Waals surface area contributed by atoms with E-state index in [9.17, 15) is 4.79 Å². The van der Waals surface area contributed by atoms with Crippen molar-refractivity contribution in [3.05, 3.63) is 12.3 Å². The minimum atomic E-state index is 0.0803. The summed E-state index contributed by atoms with van der Waals surface area (Å²) in [6.45, 7) is 4.20. The fourth-order valence-corrected chi connectivity index (χ4v) is 3.18. The van der Waals surface area contributed by atoms with E-state index in [2.05, 4.69) is 14.9 Å². The highest BCUT2D eigenvalue weighted by molar-refractivity contribution is 5.74. The maximum atomic E-state index is 12.7. The third-order valence-electron chi connectivity index (χ3n) is 4.64. The van der Waals surface area contributed by atoms with E-state index in [1.807, 2.05) is 16.8 Å². The van der Waals surface area contributed by atoms with Crippen molar-refractivity contribution in [2.75, 3.05) is 58.5 Å². The topological polar surface area (TPSA) is 71.0 Å². The molecule has 2 fully saturated rings. The first kappa shape index (κ1) is 16.8. The molecule has 8 nitrogen and oxygen atoms in total. The summed E-state index contributed by atoms with van der Waals surface area (Å²) >= 11 is 0. The normalized spacial score (nSPS) is 21.5. The van der Waals surface area contributed by atoms with Crippen molar-refractivity contribution in [3.8, 4) is 5.88 Å². The summed E-state index contributed by atoms with van der Waals surface area (Å²) < 4.78 is 10.5. The van der Waals surface area contributed by atoms with Gasteiger partial charge in [0.25, 0.3) is 0 Å². The SMILES string of the molecule is COc1ccnc(N2CCCC(N(C)C(=O)N3CCOCC3)C2)n1. The number of rotatable bonds is 3. The van der Waals surface area contributed by atoms with Gasteiger partial charge in [-0.1, -0.05) is 0 Å². The van der Waals surface area contributed by atoms with Crippen LogP contribution in [0.25, 0.3) is 0 Å². The van der Waals surface area contributed by atoms with Crippen LogP contribution in [0.15, 0.2) is 12.3 Å². The number of amides is 2. The second-order valence-electron chi connectivity index (χ2n) is 6.13. The number of carbonyl (C=O) groups is 1. The van der Waals surface area contributed by atoms with Crippen molar-refractivity contribution < 1.29 is 14.3 Å². The van der Waals surface area contributed by atoms with Crippen LogP contribution >= 0.6 is 0 Å². The third-order valence-corrected chi connectivity index (χ3v) is 4.64. The van der Waals surface area contributed by atoms with E-state index < -0.39 is 0 Å². The average molecular weight is 335 g/mol. The van der Waals surface area contributed by atoms with Crippen LogP contribution in [0.3, 0.4) is 0 Å². The average Bonchev–Trinajstić information content (AvgIpc) is 2.67. The Bertz CT molecular complexity index is 564. The smallest absolute Gasteiger partial charge is 0.320 e. The monoisotopic (exact) mass is 335 g/mol. The lowest BCUT2D eigenvalue weighted by atomic mass is 10.1. The Kier molecular flexibility index (Phi) is 5.34. The molecule has 0 saturated carbocycles. The van der Waals surface area contributed by atoms with Gasteiger partial charge < -0.3 is 24.2 Å². The second-order valence-corrected chi connectivity index (χ2v) is 6.13. The fraction of sp³-hybridized carbons (Fsp3) is 0.688. The molecule has 1 aromatic rings. The van der Waals surface area contributed by atoms with Crippen LogP contribution in [-0.4, -0.2) is 85.4 Å². The molecule has 1 unspecified atom stereocenters. The predicted molar refractivity (Wildman–Crippen MR) is 89.4 cm³/mol. The molecule has 1 atom stereocenters. The zero-order valence-electron chi connectivity index (χ0n) is 14.3. The molecule has 2 aliphatic rings. The van der Waals surface area contributed by atoms with Crippen LogP contribution in [0.4, 0.5) is 10.7 Å². The molecule has 0 aromatic carbocycles. The van der Waals surface area contributed by atoms with Crippen molar-refractivity contribution in [1.29, 1.82) is 0 Å². The number of ether oxygens (including phenoxy) is 2. The zero-order chi connectivity index (χ0) is 16.9. The molecule has 2 saturated heterocycles. The van der Waals surface area contributed by atoms with Gasteiger partial charge in [0.2, 0.25) is 11.8 Å². The Morgan fingerprint density at radius 3 is 2.92 bits per heavy atom. The molecule has 2 amide bonds. The number of aromatic nitrogens is 2. The highest BCUT2D eigenvalue weighted by Crippen LogP contribution is 2.21. The molecule has 0 radical (unpaired) electrons. The van der Waals surface area contributed by atoms with E-state index in [-0.39, 0.29) is 12.1 Å². The van der Waals surface area contributed by atoms with Gasteiger partial charge in [-0.25, -0.2) is 9.78 Å². The fourth-order valence-electron chi connectivity index (χ4n) is 3.18. The van der Waals surface area contributed by atoms with Crippen molar-refractivity contribution in [3.63, 3.8) is 0 Å². The highest BCUT2D eigenvalue weighted by Gasteiger charge is 2.30. The first-order valence-electron chi connectivity index (χ1n) is 8.40. The van der Waals surface area contributed by atoms with E-state index in [0.29, 0.717) is 38.1 Å². The number of piperidine rings is 1. The van der Waals surface area contributed by atoms with E-state index in [1.54, 1.807) is 19.4 Å². The first-order chi connectivity index (χ1) is 11.7. The van der Waals surface area contributed by atoms with Crippen LogP contribution in [0.5, 0.6) is 5.88 Å². The van der Waals surface area contributed by atoms with Gasteiger partial charge >= 0.3 is 6.03 Å². The van der Waals surface area contributed by atoms with Gasteiger partial charge in [0.1, 0.15) is 0 Å². The molecule has 0 N–H and O–H groups in total. The van der Waals surface area contributed by atoms with Gasteiger partial charge in [-0.3, -0.25) is 0 Å². The van der Waals surface area contributed by atoms with E-state index in [1.165, 1.54) is 0 Å². The summed E-state index contributed by atoms with van der Waals surface area (Å²) in [6.07, 6.45) is 3.70. The number of methoxy groups -OCH3 is 1. The summed E-state index contributed by atoms with van der Waals surface area (Å²) in [6, 6.07) is 1.97. The Hall–Kier alpha value is -2.09. The number of carbonyl (C=O) groups excluding carboxylic acids is 1. The number of morpholine rings is 1. The first-order valence-corrected chi connectivity index (χ1v) is 8.40. The quantitative estimate of drug-likeness (QED) is 0.815. The molecule has 3 heterocycles. The summed E-state index contributed by atoms with van der Waals surface area (Å²) in [7, 11) is 3.48. The number of likely N-dealkylation sites (N-methyl/N-ethyl adjacent to an activating group) is 1. The van der Waals surface area contributed by atoms with Crippen molar-refractivity contribution in [1.82, 2.24) is 19.8 Å². The lowest BCUT2D eigenvalue weighted by Crippen LogP contribution is -2.54. The number of anilines is 1. The summed E-state index contributed by atoms with van der Waals surface area (Å²) in [5, 5.41) is 0. The summed E-state index contributed by atoms with van der Waals surface area (Å²) in [4.78, 5) is 27.3. The Labute approximate surface area is 142 Å². The Morgan fingerprint density at radius 1 is 1.38 bits per heavy atom. The lowest BCUT2D eigenvalue weighted by Gasteiger charge is -2.40. The van der Waals surface area contributed by atoms with Gasteiger partial charge in [0.05, 0.1) is 26.4 Å². The summed E-state index contributed by atoms with van der Waals surface area (Å²) in [5.74, 6) is 1.21. The van der Waals surface area contributed by atoms with Gasteiger partial charge in [0, 0.05) is 45.5 Å². The van der Waals surface area contributed by atoms with Gasteiger partial charge in [-0.05, 0) is 12.8 Å². The standard InChI is InChI=1S/C16H25N5O3/c1-19(16(22)20-8-10-24-11-9-20)13-4-3-7-21(12-13)15-17-6-5-14(18-15)23-2/h5-6,13H,3-4,7-12H2,1-2H3. The molecule has 24 heavy (non-hydrogen) atoms. The van der Waals surface area contributed by atoms with Crippen molar-refractivity contribution in [2.45, 2.75) is 18.9 Å². The molecule has 3 rings (SSSR count). The maximum absolute atomic E-state index is 12.7. The van der Waals surface area contributed by atoms with Crippen LogP contribution < -0.4 is 9.64 Å². The van der Waals surface area contributed by atoms with Crippen molar-refractivity contribution >= 4 is 12.0 Å². The molecule has 0 spiro atoms. The van der Waals surface area contributed by atoms with Crippen LogP contribution in [-0.2, 0) is 4.74 Å². The number of hydrogen-bond acceptors (Lipinski definition) is 6. The van der Waals surface area contributed by atoms with E-state index in [4.69, 9.17) is 9.47 Å². The van der Waals surface area contributed by atoms with E-state index >= 15 is 0 Å². The summed E-state index contributed by atoms with van der Waals surface area (Å²) in [5.41, 5.74) is 0. The van der Waals surface area contributed by atoms with Crippen molar-refractivity contribution in [2.24, 2.45) is 0 Å². The number of nitrogens with zero attached hydrogens (tertiary/aromatic N) is 5. The molecule has 1 aromatic heterocycles. The minimum Gasteiger partial charge on any atom is -0.481 e. The molecular formula is C16H25N5O3. The number of urea groups is 1. The third kappa shape index (κ3) is 3.69. The Balaban J connectivity index is 1.64. The van der Waals surface area contributed by atoms with Gasteiger partial charge in [0.15, 0.2) is 0 Å². The predicted octanol–water partition coefficient (Wildman–Crippen LogP) is 0.838. The highest BCUT2D eigenvalue weighted by atomic mass is 16.5. The maximum Gasteiger partial charge on any atom is 0.320 e. The Morgan fingerprint density at radius 2 is 2.17 bits per heavy atom. The molecule has 132 valence electrons. The molecule has 0 bridgehead atoms. The van der Waals surface area contributed by atoms with Gasteiger partial charge in [-0.15, -0.1) is 0 Å². The second kappa shape index (κ2) is 7.65. The molecule has 2 aliphatic heterocycles. The number of hydrogen-bond donors (Lipinski definition) is 0. The van der Waals surface area contributed by atoms with Crippen LogP contribution in [0.2, 0.25) is 0 Å². The molecule has 8 heteroatoms.